The molecule has 0 unspecified atom stereocenters. The van der Waals surface area contributed by atoms with Gasteiger partial charge in [-0.15, -0.1) is 12.6 Å². The second kappa shape index (κ2) is 2.77. The molecule has 0 aromatic rings. The van der Waals surface area contributed by atoms with Crippen molar-refractivity contribution in [2.24, 2.45) is 0 Å². The Morgan fingerprint density at radius 1 is 1.82 bits per heavy atom. The van der Waals surface area contributed by atoms with Crippen molar-refractivity contribution < 1.29 is 14.3 Å². The zero-order chi connectivity index (χ0) is 8.48. The summed E-state index contributed by atoms with van der Waals surface area (Å²) in [7, 11) is 0. The molecular weight excluding hydrogens is 164 g/mol. The first kappa shape index (κ1) is 8.46. The van der Waals surface area contributed by atoms with Gasteiger partial charge in [-0.2, -0.15) is 0 Å². The summed E-state index contributed by atoms with van der Waals surface area (Å²) in [6.45, 7) is 3.13. The maximum Gasteiger partial charge on any atom is 0.304 e. The third-order valence-corrected chi connectivity index (χ3v) is 2.08. The second-order valence-corrected chi connectivity index (χ2v) is 3.13. The quantitative estimate of drug-likeness (QED) is 0.367. The number of carbonyl (C=O) groups excluding carboxylic acids is 1. The Kier molecular flexibility index (Phi) is 2.13. The highest BCUT2D eigenvalue weighted by Crippen LogP contribution is 2.30. The Morgan fingerprint density at radius 2 is 2.45 bits per heavy atom. The third-order valence-electron chi connectivity index (χ3n) is 1.48. The first-order valence-corrected chi connectivity index (χ1v) is 3.74. The number of carbonyl (C=O) groups is 1. The third kappa shape index (κ3) is 1.68. The molecule has 62 valence electrons. The molecule has 0 saturated heterocycles. The van der Waals surface area contributed by atoms with E-state index < -0.39 is 4.93 Å². The monoisotopic (exact) mass is 174 g/mol. The zero-order valence-corrected chi connectivity index (χ0v) is 7.30. The molecule has 0 aromatic carbocycles. The molecule has 0 radical (unpaired) electrons. The zero-order valence-electron chi connectivity index (χ0n) is 6.40. The number of esters is 1. The van der Waals surface area contributed by atoms with Gasteiger partial charge in [0.2, 0.25) is 4.93 Å². The normalized spacial score (nSPS) is 35.0. The van der Waals surface area contributed by atoms with E-state index in [0.29, 0.717) is 0 Å². The van der Waals surface area contributed by atoms with Gasteiger partial charge in [-0.1, -0.05) is 0 Å². The molecule has 1 heterocycles. The van der Waals surface area contributed by atoms with E-state index in [1.807, 2.05) is 0 Å². The van der Waals surface area contributed by atoms with E-state index in [2.05, 4.69) is 12.6 Å². The van der Waals surface area contributed by atoms with Crippen molar-refractivity contribution in [2.45, 2.75) is 24.9 Å². The van der Waals surface area contributed by atoms with Crippen LogP contribution in [0.2, 0.25) is 0 Å². The lowest BCUT2D eigenvalue weighted by Crippen LogP contribution is -2.34. The minimum atomic E-state index is -0.883. The molecule has 3 nitrogen and oxygen atoms in total. The van der Waals surface area contributed by atoms with Crippen LogP contribution in [0.5, 0.6) is 0 Å². The Balaban J connectivity index is 2.65. The van der Waals surface area contributed by atoms with Gasteiger partial charge in [-0.25, -0.2) is 0 Å². The fourth-order valence-electron chi connectivity index (χ4n) is 0.835. The molecule has 1 rings (SSSR count). The van der Waals surface area contributed by atoms with Gasteiger partial charge in [-0.3, -0.25) is 4.79 Å². The molecule has 0 fully saturated rings. The molecule has 0 spiro atoms. The van der Waals surface area contributed by atoms with Crippen LogP contribution in [-0.4, -0.2) is 17.0 Å². The summed E-state index contributed by atoms with van der Waals surface area (Å²) in [4.78, 5) is 9.71. The number of hydrogen-bond donors (Lipinski definition) is 1. The molecule has 0 N–H and O–H groups in total. The summed E-state index contributed by atoms with van der Waals surface area (Å²) >= 11 is 4.16. The minimum absolute atomic E-state index is 0.227. The maximum atomic E-state index is 10.6. The SMILES string of the molecule is CC(=O)O[C@@]1(S)C=CO[C@H]1C. The van der Waals surface area contributed by atoms with Crippen LogP contribution in [0.1, 0.15) is 13.8 Å². The lowest BCUT2D eigenvalue weighted by Gasteiger charge is -2.24. The van der Waals surface area contributed by atoms with E-state index in [-0.39, 0.29) is 12.1 Å². The molecule has 0 bridgehead atoms. The summed E-state index contributed by atoms with van der Waals surface area (Å²) < 4.78 is 9.96. The molecule has 4 heteroatoms. The van der Waals surface area contributed by atoms with Gasteiger partial charge in [0.1, 0.15) is 6.10 Å². The predicted octanol–water partition coefficient (Wildman–Crippen LogP) is 1.11. The molecule has 0 aromatic heterocycles. The molecule has 0 saturated carbocycles. The summed E-state index contributed by atoms with van der Waals surface area (Å²) in [5, 5.41) is 0. The fourth-order valence-corrected chi connectivity index (χ4v) is 1.09. The Labute approximate surface area is 70.8 Å². The minimum Gasteiger partial charge on any atom is -0.493 e. The van der Waals surface area contributed by atoms with Crippen LogP contribution in [0.3, 0.4) is 0 Å². The van der Waals surface area contributed by atoms with E-state index in [1.54, 1.807) is 13.0 Å². The largest absolute Gasteiger partial charge is 0.493 e. The van der Waals surface area contributed by atoms with Crippen LogP contribution in [0.15, 0.2) is 12.3 Å². The molecule has 2 atom stereocenters. The maximum absolute atomic E-state index is 10.6. The summed E-state index contributed by atoms with van der Waals surface area (Å²) in [6, 6.07) is 0. The van der Waals surface area contributed by atoms with Crippen molar-refractivity contribution in [3.8, 4) is 0 Å². The topological polar surface area (TPSA) is 35.5 Å². The second-order valence-electron chi connectivity index (χ2n) is 2.43. The average molecular weight is 174 g/mol. The van der Waals surface area contributed by atoms with Crippen molar-refractivity contribution in [3.05, 3.63) is 12.3 Å². The summed E-state index contributed by atoms with van der Waals surface area (Å²) in [5.41, 5.74) is 0. The number of rotatable bonds is 1. The van der Waals surface area contributed by atoms with E-state index in [1.165, 1.54) is 13.2 Å². The van der Waals surface area contributed by atoms with Crippen molar-refractivity contribution in [1.82, 2.24) is 0 Å². The van der Waals surface area contributed by atoms with Gasteiger partial charge >= 0.3 is 5.97 Å². The van der Waals surface area contributed by atoms with E-state index in [4.69, 9.17) is 9.47 Å². The molecular formula is C7H10O3S. The van der Waals surface area contributed by atoms with Crippen LogP contribution in [0, 0.1) is 0 Å². The smallest absolute Gasteiger partial charge is 0.304 e. The van der Waals surface area contributed by atoms with Crippen molar-refractivity contribution in [2.75, 3.05) is 0 Å². The van der Waals surface area contributed by atoms with E-state index in [0.717, 1.165) is 0 Å². The summed E-state index contributed by atoms with van der Waals surface area (Å²) in [6.07, 6.45) is 2.87. The highest BCUT2D eigenvalue weighted by molar-refractivity contribution is 7.81. The van der Waals surface area contributed by atoms with Gasteiger partial charge in [0, 0.05) is 13.0 Å². The van der Waals surface area contributed by atoms with Crippen LogP contribution in [0.4, 0.5) is 0 Å². The number of hydrogen-bond acceptors (Lipinski definition) is 4. The molecule has 0 amide bonds. The Bertz CT molecular complexity index is 202. The van der Waals surface area contributed by atoms with Crippen molar-refractivity contribution in [3.63, 3.8) is 0 Å². The molecule has 1 aliphatic rings. The summed E-state index contributed by atoms with van der Waals surface area (Å²) in [5.74, 6) is -0.359. The highest BCUT2D eigenvalue weighted by atomic mass is 32.1. The standard InChI is InChI=1S/C7H10O3S/c1-5-7(11,3-4-9-5)10-6(2)8/h3-5,11H,1-2H3/t5-,7+/m0/s1. The Hall–Kier alpha value is -0.640. The molecule has 11 heavy (non-hydrogen) atoms. The Morgan fingerprint density at radius 3 is 2.82 bits per heavy atom. The lowest BCUT2D eigenvalue weighted by molar-refractivity contribution is -0.149. The number of ether oxygens (including phenoxy) is 2. The van der Waals surface area contributed by atoms with Crippen LogP contribution >= 0.6 is 12.6 Å². The first-order chi connectivity index (χ1) is 5.04. The van der Waals surface area contributed by atoms with Crippen molar-refractivity contribution in [1.29, 1.82) is 0 Å². The number of thiol groups is 1. The molecule has 0 aliphatic carbocycles. The lowest BCUT2D eigenvalue weighted by atomic mass is 10.2. The van der Waals surface area contributed by atoms with Crippen LogP contribution in [0.25, 0.3) is 0 Å². The predicted molar refractivity (Wildman–Crippen MR) is 43.2 cm³/mol. The van der Waals surface area contributed by atoms with Gasteiger partial charge in [0.15, 0.2) is 0 Å². The highest BCUT2D eigenvalue weighted by Gasteiger charge is 2.38. The fraction of sp³-hybridized carbons (Fsp3) is 0.571. The van der Waals surface area contributed by atoms with E-state index in [9.17, 15) is 4.79 Å². The van der Waals surface area contributed by atoms with Crippen molar-refractivity contribution >= 4 is 18.6 Å². The van der Waals surface area contributed by atoms with Gasteiger partial charge < -0.3 is 9.47 Å². The van der Waals surface area contributed by atoms with Crippen LogP contribution < -0.4 is 0 Å². The van der Waals surface area contributed by atoms with Crippen LogP contribution in [-0.2, 0) is 14.3 Å². The van der Waals surface area contributed by atoms with Gasteiger partial charge in [-0.05, 0) is 6.92 Å². The molecule has 1 aliphatic heterocycles. The van der Waals surface area contributed by atoms with E-state index >= 15 is 0 Å². The average Bonchev–Trinajstić information content (AvgIpc) is 2.11. The van der Waals surface area contributed by atoms with Gasteiger partial charge in [0.05, 0.1) is 6.26 Å². The van der Waals surface area contributed by atoms with Gasteiger partial charge in [0.25, 0.3) is 0 Å². The first-order valence-electron chi connectivity index (χ1n) is 3.30.